The molecular formula is C43H59ClF3N7O6. The van der Waals surface area contributed by atoms with Gasteiger partial charge in [-0.2, -0.15) is 13.2 Å². The number of rotatable bonds is 12. The van der Waals surface area contributed by atoms with Crippen LogP contribution in [0.5, 0.6) is 0 Å². The van der Waals surface area contributed by atoms with Gasteiger partial charge in [-0.25, -0.2) is 9.59 Å². The lowest BCUT2D eigenvalue weighted by molar-refractivity contribution is -0.143. The fraction of sp³-hybridized carbons (Fsp3) is 0.651. The van der Waals surface area contributed by atoms with Gasteiger partial charge in [-0.15, -0.1) is 0 Å². The summed E-state index contributed by atoms with van der Waals surface area (Å²) in [5.41, 5.74) is 5.94. The zero-order chi connectivity index (χ0) is 42.2. The molecule has 2 aromatic carbocycles. The van der Waals surface area contributed by atoms with Gasteiger partial charge in [0.25, 0.3) is 5.91 Å². The Morgan fingerprint density at radius 3 is 2.38 bits per heavy atom. The van der Waals surface area contributed by atoms with Crippen molar-refractivity contribution < 1.29 is 41.8 Å². The minimum Gasteiger partial charge on any atom is -0.436 e. The number of carbonyl (C=O) groups is 3. The molecule has 4 saturated heterocycles. The Labute approximate surface area is 355 Å². The Kier molecular flexibility index (Phi) is 15.0. The van der Waals surface area contributed by atoms with Gasteiger partial charge >= 0.3 is 18.3 Å². The van der Waals surface area contributed by atoms with Crippen molar-refractivity contribution in [1.29, 1.82) is 0 Å². The van der Waals surface area contributed by atoms with Crippen LogP contribution >= 0.6 is 11.6 Å². The number of alkyl halides is 3. The molecule has 5 aliphatic rings. The summed E-state index contributed by atoms with van der Waals surface area (Å²) in [5, 5.41) is 2.71. The van der Waals surface area contributed by atoms with Crippen LogP contribution in [0.3, 0.4) is 0 Å². The van der Waals surface area contributed by atoms with Crippen LogP contribution in [0.15, 0.2) is 36.4 Å². The molecule has 0 radical (unpaired) electrons. The van der Waals surface area contributed by atoms with Gasteiger partial charge in [0.2, 0.25) is 0 Å². The number of piperidine rings is 3. The summed E-state index contributed by atoms with van der Waals surface area (Å²) in [6.45, 7) is 8.79. The number of morpholine rings is 1. The van der Waals surface area contributed by atoms with E-state index in [0.29, 0.717) is 71.0 Å². The number of benzene rings is 2. The summed E-state index contributed by atoms with van der Waals surface area (Å²) in [6, 6.07) is 10.1. The number of para-hydroxylation sites is 1. The van der Waals surface area contributed by atoms with Gasteiger partial charge in [-0.1, -0.05) is 36.2 Å². The van der Waals surface area contributed by atoms with Crippen LogP contribution in [-0.2, 0) is 38.0 Å². The van der Waals surface area contributed by atoms with Gasteiger partial charge in [-0.3, -0.25) is 14.6 Å². The second kappa shape index (κ2) is 20.4. The summed E-state index contributed by atoms with van der Waals surface area (Å²) in [6.07, 6.45) is 0.217. The van der Waals surface area contributed by atoms with E-state index in [1.165, 1.54) is 11.0 Å². The highest BCUT2D eigenvalue weighted by Crippen LogP contribution is 2.38. The maximum absolute atomic E-state index is 14.3. The van der Waals surface area contributed by atoms with Gasteiger partial charge < -0.3 is 40.0 Å². The normalized spacial score (nSPS) is 22.2. The third-order valence-corrected chi connectivity index (χ3v) is 13.1. The van der Waals surface area contributed by atoms with E-state index in [1.54, 1.807) is 4.90 Å². The maximum atomic E-state index is 14.3. The van der Waals surface area contributed by atoms with E-state index in [2.05, 4.69) is 15.1 Å². The fourth-order valence-electron chi connectivity index (χ4n) is 9.45. The Bertz CT molecular complexity index is 1790. The van der Waals surface area contributed by atoms with E-state index in [4.69, 9.17) is 31.5 Å². The number of hydrogen-bond acceptors (Lipinski definition) is 9. The standard InChI is InChI=1S/C43H59ClF3N7O6/c44-36-27-30(26-35(39(36)48)43(45,46)47)28-38(60-42(57)52-18-12-33(13-19-52)54-20-9-31-6-1-2-8-37(31)49-41(54)56)40(55)51-16-10-32(11-17-51)53-15-4-3-7-34(53)29-59-23-5-14-50-21-24-58-25-22-50/h1-2,6,8,26-27,32-34,38H,3-5,7,9-25,28-29,48H2,(H,49,56)/t34-,38+/m0/s1. The Morgan fingerprint density at radius 1 is 0.917 bits per heavy atom. The summed E-state index contributed by atoms with van der Waals surface area (Å²) in [5.74, 6) is -0.460. The quantitative estimate of drug-likeness (QED) is 0.191. The highest BCUT2D eigenvalue weighted by Gasteiger charge is 2.39. The molecule has 5 heterocycles. The first-order chi connectivity index (χ1) is 28.9. The highest BCUT2D eigenvalue weighted by atomic mass is 35.5. The van der Waals surface area contributed by atoms with E-state index >= 15 is 0 Å². The predicted molar refractivity (Wildman–Crippen MR) is 222 cm³/mol. The Morgan fingerprint density at radius 2 is 1.63 bits per heavy atom. The predicted octanol–water partition coefficient (Wildman–Crippen LogP) is 6.13. The number of amides is 4. The second-order valence-electron chi connectivity index (χ2n) is 16.7. The topological polar surface area (TPSA) is 133 Å². The molecule has 0 unspecified atom stereocenters. The van der Waals surface area contributed by atoms with Crippen molar-refractivity contribution in [2.75, 3.05) is 96.4 Å². The lowest BCUT2D eigenvalue weighted by Gasteiger charge is -2.45. The molecule has 0 aliphatic carbocycles. The molecule has 7 rings (SSSR count). The fourth-order valence-corrected chi connectivity index (χ4v) is 9.69. The summed E-state index contributed by atoms with van der Waals surface area (Å²) in [4.78, 5) is 51.2. The van der Waals surface area contributed by atoms with Crippen LogP contribution in [0, 0.1) is 0 Å². The van der Waals surface area contributed by atoms with Gasteiger partial charge in [-0.05, 0) is 87.2 Å². The molecule has 0 spiro atoms. The number of ether oxygens (including phenoxy) is 3. The molecule has 4 fully saturated rings. The van der Waals surface area contributed by atoms with E-state index < -0.39 is 35.5 Å². The molecule has 4 amide bonds. The minimum atomic E-state index is -4.78. The first-order valence-electron chi connectivity index (χ1n) is 21.6. The molecule has 60 heavy (non-hydrogen) atoms. The van der Waals surface area contributed by atoms with Crippen molar-refractivity contribution in [3.8, 4) is 0 Å². The summed E-state index contributed by atoms with van der Waals surface area (Å²) < 4.78 is 59.5. The maximum Gasteiger partial charge on any atom is 0.418 e. The van der Waals surface area contributed by atoms with Crippen LogP contribution in [0.4, 0.5) is 34.1 Å². The third kappa shape index (κ3) is 11.2. The van der Waals surface area contributed by atoms with Crippen molar-refractivity contribution in [2.45, 2.75) is 94.6 Å². The number of urea groups is 1. The molecule has 5 aliphatic heterocycles. The van der Waals surface area contributed by atoms with Gasteiger partial charge in [0.05, 0.1) is 36.1 Å². The smallest absolute Gasteiger partial charge is 0.418 e. The van der Waals surface area contributed by atoms with Crippen molar-refractivity contribution in [2.24, 2.45) is 0 Å². The monoisotopic (exact) mass is 861 g/mol. The number of nitrogens with two attached hydrogens (primary N) is 1. The zero-order valence-electron chi connectivity index (χ0n) is 34.3. The number of likely N-dealkylation sites (tertiary alicyclic amines) is 3. The molecule has 17 heteroatoms. The molecule has 13 nitrogen and oxygen atoms in total. The average Bonchev–Trinajstić information content (AvgIpc) is 3.42. The Hall–Kier alpha value is -3.83. The minimum absolute atomic E-state index is 0.0792. The SMILES string of the molecule is Nc1c(Cl)cc(C[C@@H](OC(=O)N2CCC(N3CCc4ccccc4NC3=O)CC2)C(=O)N2CCC(N3CCCC[C@H]3COCCCN3CCOCC3)CC2)cc1C(F)(F)F. The Balaban J connectivity index is 0.964. The zero-order valence-corrected chi connectivity index (χ0v) is 35.1. The number of nitrogen functional groups attached to an aromatic ring is 1. The highest BCUT2D eigenvalue weighted by molar-refractivity contribution is 6.33. The molecule has 0 aromatic heterocycles. The summed E-state index contributed by atoms with van der Waals surface area (Å²) >= 11 is 6.18. The second-order valence-corrected chi connectivity index (χ2v) is 17.1. The lowest BCUT2D eigenvalue weighted by atomic mass is 9.95. The van der Waals surface area contributed by atoms with E-state index in [9.17, 15) is 27.6 Å². The molecule has 0 bridgehead atoms. The van der Waals surface area contributed by atoms with Crippen molar-refractivity contribution >= 4 is 41.0 Å². The van der Waals surface area contributed by atoms with Crippen molar-refractivity contribution in [3.05, 3.63) is 58.1 Å². The van der Waals surface area contributed by atoms with Crippen molar-refractivity contribution in [1.82, 2.24) is 24.5 Å². The van der Waals surface area contributed by atoms with Crippen LogP contribution in [-0.4, -0.2) is 152 Å². The van der Waals surface area contributed by atoms with Crippen LogP contribution in [0.1, 0.15) is 68.1 Å². The van der Waals surface area contributed by atoms with Crippen LogP contribution < -0.4 is 11.1 Å². The molecule has 330 valence electrons. The number of nitrogens with zero attached hydrogens (tertiary/aromatic N) is 5. The molecule has 3 N–H and O–H groups in total. The van der Waals surface area contributed by atoms with Crippen LogP contribution in [0.2, 0.25) is 5.02 Å². The van der Waals surface area contributed by atoms with E-state index in [1.807, 2.05) is 29.2 Å². The summed E-state index contributed by atoms with van der Waals surface area (Å²) in [7, 11) is 0. The number of fused-ring (bicyclic) bond motifs is 1. The molecule has 2 aromatic rings. The number of hydrogen-bond donors (Lipinski definition) is 2. The van der Waals surface area contributed by atoms with Gasteiger partial charge in [0.1, 0.15) is 0 Å². The molecular weight excluding hydrogens is 803 g/mol. The largest absolute Gasteiger partial charge is 0.436 e. The average molecular weight is 862 g/mol. The third-order valence-electron chi connectivity index (χ3n) is 12.8. The number of carbonyl (C=O) groups excluding carboxylic acids is 3. The molecule has 0 saturated carbocycles. The molecule has 2 atom stereocenters. The van der Waals surface area contributed by atoms with Gasteiger partial charge in [0, 0.05) is 89.2 Å². The number of nitrogens with one attached hydrogen (secondary N) is 1. The van der Waals surface area contributed by atoms with E-state index in [-0.39, 0.29) is 48.2 Å². The van der Waals surface area contributed by atoms with Crippen LogP contribution in [0.25, 0.3) is 0 Å². The lowest BCUT2D eigenvalue weighted by Crippen LogP contribution is -2.55. The van der Waals surface area contributed by atoms with Gasteiger partial charge in [0.15, 0.2) is 6.10 Å². The number of halogens is 4. The van der Waals surface area contributed by atoms with E-state index in [0.717, 1.165) is 82.4 Å². The first kappa shape index (κ1) is 44.2. The van der Waals surface area contributed by atoms with Crippen molar-refractivity contribution in [3.63, 3.8) is 0 Å². The number of anilines is 2. The first-order valence-corrected chi connectivity index (χ1v) is 22.0.